The summed E-state index contributed by atoms with van der Waals surface area (Å²) >= 11 is 7.86. The van der Waals surface area contributed by atoms with E-state index in [-0.39, 0.29) is 0 Å². The summed E-state index contributed by atoms with van der Waals surface area (Å²) in [4.78, 5) is 3.87. The molecule has 0 atom stereocenters. The lowest BCUT2D eigenvalue weighted by atomic mass is 9.98. The molecule has 52 valence electrons. The first-order valence-electron chi connectivity index (χ1n) is 2.69. The van der Waals surface area contributed by atoms with Gasteiger partial charge in [0.05, 0.1) is 11.9 Å². The van der Waals surface area contributed by atoms with Gasteiger partial charge in [-0.05, 0) is 28.1 Å². The molecule has 0 radical (unpaired) electrons. The molecule has 0 fully saturated rings. The Bertz CT molecular complexity index is 239. The van der Waals surface area contributed by atoms with Crippen molar-refractivity contribution >= 4 is 53.2 Å². The molecule has 0 amide bonds. The molecule has 1 aromatic heterocycles. The van der Waals surface area contributed by atoms with Gasteiger partial charge in [-0.3, -0.25) is 0 Å². The second-order valence-electron chi connectivity index (χ2n) is 1.94. The molecule has 0 aliphatic rings. The predicted molar refractivity (Wildman–Crippen MR) is 54.6 cm³/mol. The van der Waals surface area contributed by atoms with E-state index in [2.05, 4.69) is 27.6 Å². The molecule has 1 aromatic rings. The average molecular weight is 266 g/mol. The summed E-state index contributed by atoms with van der Waals surface area (Å²) in [5.74, 6) is 0. The summed E-state index contributed by atoms with van der Waals surface area (Å²) in [6.07, 6.45) is 1.57. The molecule has 10 heavy (non-hydrogen) atoms. The number of aromatic nitrogens is 1. The molecular formula is C5H5BClIN2. The maximum Gasteiger partial charge on any atom is 0.144 e. The largest absolute Gasteiger partial charge is 0.397 e. The van der Waals surface area contributed by atoms with E-state index in [1.807, 2.05) is 7.85 Å². The number of nitrogens with two attached hydrogens (primary N) is 1. The Balaban J connectivity index is 3.34. The molecule has 0 unspecified atom stereocenters. The Morgan fingerprint density at radius 2 is 2.30 bits per heavy atom. The third-order valence-corrected chi connectivity index (χ3v) is 3.02. The fourth-order valence-electron chi connectivity index (χ4n) is 0.587. The third-order valence-electron chi connectivity index (χ3n) is 1.21. The molecule has 2 nitrogen and oxygen atoms in total. The second-order valence-corrected chi connectivity index (χ2v) is 3.38. The van der Waals surface area contributed by atoms with E-state index in [1.165, 1.54) is 0 Å². The number of nitrogens with zero attached hydrogens (tertiary/aromatic N) is 1. The van der Waals surface area contributed by atoms with E-state index in [0.29, 0.717) is 10.8 Å². The van der Waals surface area contributed by atoms with Crippen LogP contribution < -0.4 is 11.2 Å². The summed E-state index contributed by atoms with van der Waals surface area (Å²) in [7, 11) is 1.90. The van der Waals surface area contributed by atoms with Gasteiger partial charge in [-0.1, -0.05) is 11.6 Å². The van der Waals surface area contributed by atoms with Crippen LogP contribution in [-0.4, -0.2) is 12.8 Å². The summed E-state index contributed by atoms with van der Waals surface area (Å²) in [5, 5.41) is 0.526. The first-order chi connectivity index (χ1) is 4.63. The van der Waals surface area contributed by atoms with Crippen LogP contribution in [-0.2, 0) is 0 Å². The Kier molecular flexibility index (Phi) is 2.41. The van der Waals surface area contributed by atoms with E-state index < -0.39 is 0 Å². The first-order valence-corrected chi connectivity index (χ1v) is 4.14. The fraction of sp³-hybridized carbons (Fsp3) is 0. The minimum absolute atomic E-state index is 0.526. The van der Waals surface area contributed by atoms with E-state index >= 15 is 0 Å². The monoisotopic (exact) mass is 266 g/mol. The van der Waals surface area contributed by atoms with Gasteiger partial charge in [0.15, 0.2) is 0 Å². The highest BCUT2D eigenvalue weighted by atomic mass is 127. The maximum absolute atomic E-state index is 5.71. The molecule has 0 saturated heterocycles. The molecule has 5 heteroatoms. The van der Waals surface area contributed by atoms with Crippen LogP contribution in [0, 0.1) is 3.57 Å². The first kappa shape index (κ1) is 8.13. The van der Waals surface area contributed by atoms with Crippen LogP contribution in [0.15, 0.2) is 6.20 Å². The number of halogens is 2. The molecule has 2 N–H and O–H groups in total. The number of hydrogen-bond donors (Lipinski definition) is 1. The second kappa shape index (κ2) is 2.96. The summed E-state index contributed by atoms with van der Waals surface area (Å²) in [6, 6.07) is 0. The molecule has 0 aliphatic heterocycles. The number of pyridine rings is 1. The van der Waals surface area contributed by atoms with Gasteiger partial charge in [-0.2, -0.15) is 0 Å². The zero-order valence-electron chi connectivity index (χ0n) is 5.36. The van der Waals surface area contributed by atoms with Crippen LogP contribution >= 0.6 is 34.2 Å². The zero-order valence-corrected chi connectivity index (χ0v) is 8.27. The highest BCUT2D eigenvalue weighted by Gasteiger charge is 2.02. The van der Waals surface area contributed by atoms with Gasteiger partial charge in [-0.15, -0.1) is 0 Å². The molecule has 0 aliphatic carbocycles. The van der Waals surface area contributed by atoms with Gasteiger partial charge in [-0.25, -0.2) is 4.98 Å². The van der Waals surface area contributed by atoms with Crippen molar-refractivity contribution in [2.45, 2.75) is 0 Å². The number of nitrogen functional groups attached to an aromatic ring is 1. The minimum atomic E-state index is 0.526. The summed E-state index contributed by atoms with van der Waals surface area (Å²) in [5.41, 5.74) is 7.19. The SMILES string of the molecule is Bc1c(Cl)ncc(N)c1I. The van der Waals surface area contributed by atoms with Crippen molar-refractivity contribution < 1.29 is 0 Å². The van der Waals surface area contributed by atoms with Gasteiger partial charge >= 0.3 is 0 Å². The van der Waals surface area contributed by atoms with E-state index in [4.69, 9.17) is 17.3 Å². The average Bonchev–Trinajstić information content (AvgIpc) is 1.93. The van der Waals surface area contributed by atoms with Crippen molar-refractivity contribution in [2.75, 3.05) is 5.73 Å². The Hall–Kier alpha value is 0.0349. The van der Waals surface area contributed by atoms with Crippen LogP contribution in [0.5, 0.6) is 0 Å². The Morgan fingerprint density at radius 3 is 2.80 bits per heavy atom. The molecule has 0 aromatic carbocycles. The standard InChI is InChI=1S/C5H5BClIN2/c6-3-4(8)2(9)1-10-5(3)7/h1H,6,9H2. The zero-order chi connectivity index (χ0) is 7.72. The number of anilines is 1. The van der Waals surface area contributed by atoms with Crippen LogP contribution in [0.25, 0.3) is 0 Å². The lowest BCUT2D eigenvalue weighted by Gasteiger charge is -2.01. The smallest absolute Gasteiger partial charge is 0.144 e. The van der Waals surface area contributed by atoms with Crippen molar-refractivity contribution in [2.24, 2.45) is 0 Å². The quantitative estimate of drug-likeness (QED) is 0.413. The van der Waals surface area contributed by atoms with Crippen LogP contribution in [0.2, 0.25) is 5.15 Å². The number of hydrogen-bond acceptors (Lipinski definition) is 2. The lowest BCUT2D eigenvalue weighted by Crippen LogP contribution is -2.13. The number of rotatable bonds is 0. The van der Waals surface area contributed by atoms with Gasteiger partial charge in [0.2, 0.25) is 0 Å². The van der Waals surface area contributed by atoms with Crippen molar-refractivity contribution in [3.8, 4) is 0 Å². The molecule has 0 saturated carbocycles. The van der Waals surface area contributed by atoms with E-state index in [0.717, 1.165) is 9.03 Å². The van der Waals surface area contributed by atoms with E-state index in [1.54, 1.807) is 6.20 Å². The topological polar surface area (TPSA) is 38.9 Å². The van der Waals surface area contributed by atoms with Gasteiger partial charge in [0.1, 0.15) is 13.0 Å². The lowest BCUT2D eigenvalue weighted by molar-refractivity contribution is 1.34. The van der Waals surface area contributed by atoms with Crippen molar-refractivity contribution in [1.82, 2.24) is 4.98 Å². The normalized spacial score (nSPS) is 9.80. The molecule has 0 spiro atoms. The van der Waals surface area contributed by atoms with Crippen molar-refractivity contribution in [3.05, 3.63) is 14.9 Å². The van der Waals surface area contributed by atoms with Crippen LogP contribution in [0.3, 0.4) is 0 Å². The fourth-order valence-corrected chi connectivity index (χ4v) is 1.28. The van der Waals surface area contributed by atoms with Gasteiger partial charge in [0.25, 0.3) is 0 Å². The van der Waals surface area contributed by atoms with E-state index in [9.17, 15) is 0 Å². The summed E-state index contributed by atoms with van der Waals surface area (Å²) < 4.78 is 0.984. The van der Waals surface area contributed by atoms with Crippen molar-refractivity contribution in [1.29, 1.82) is 0 Å². The summed E-state index contributed by atoms with van der Waals surface area (Å²) in [6.45, 7) is 0. The Labute approximate surface area is 78.7 Å². The highest BCUT2D eigenvalue weighted by Crippen LogP contribution is 2.12. The van der Waals surface area contributed by atoms with Gasteiger partial charge < -0.3 is 5.73 Å². The van der Waals surface area contributed by atoms with Crippen molar-refractivity contribution in [3.63, 3.8) is 0 Å². The third kappa shape index (κ3) is 1.37. The molecule has 1 heterocycles. The maximum atomic E-state index is 5.71. The predicted octanol–water partition coefficient (Wildman–Crippen LogP) is 0.180. The van der Waals surface area contributed by atoms with Crippen LogP contribution in [0.1, 0.15) is 0 Å². The highest BCUT2D eigenvalue weighted by molar-refractivity contribution is 14.1. The molecule has 1 rings (SSSR count). The van der Waals surface area contributed by atoms with Gasteiger partial charge in [0, 0.05) is 3.57 Å². The Morgan fingerprint density at radius 1 is 1.70 bits per heavy atom. The molecular weight excluding hydrogens is 261 g/mol. The molecule has 0 bridgehead atoms. The van der Waals surface area contributed by atoms with Crippen LogP contribution in [0.4, 0.5) is 5.69 Å². The minimum Gasteiger partial charge on any atom is -0.397 e.